The van der Waals surface area contributed by atoms with Crippen molar-refractivity contribution < 1.29 is 19.4 Å². The summed E-state index contributed by atoms with van der Waals surface area (Å²) >= 11 is 0. The minimum atomic E-state index is -1.01. The first kappa shape index (κ1) is 16.0. The summed E-state index contributed by atoms with van der Waals surface area (Å²) in [4.78, 5) is 25.2. The van der Waals surface area contributed by atoms with Crippen LogP contribution in [-0.2, 0) is 4.79 Å². The van der Waals surface area contributed by atoms with Crippen molar-refractivity contribution in [2.24, 2.45) is 5.41 Å². The lowest BCUT2D eigenvalue weighted by atomic mass is 9.90. The predicted molar refractivity (Wildman–Crippen MR) is 91.0 cm³/mol. The summed E-state index contributed by atoms with van der Waals surface area (Å²) in [5.41, 5.74) is 0.0229. The SMILES string of the molecule is COc1ccc(/C(O)=C/C(=O)C2(C(=O)c3ccccc3)CC2)cc1. The minimum Gasteiger partial charge on any atom is -0.507 e. The number of aliphatic hydroxyl groups is 1. The molecule has 24 heavy (non-hydrogen) atoms. The number of ketones is 2. The van der Waals surface area contributed by atoms with Crippen LogP contribution in [-0.4, -0.2) is 23.8 Å². The van der Waals surface area contributed by atoms with Crippen LogP contribution in [0.3, 0.4) is 0 Å². The summed E-state index contributed by atoms with van der Waals surface area (Å²) in [6.45, 7) is 0. The lowest BCUT2D eigenvalue weighted by molar-refractivity contribution is -0.117. The number of carbonyl (C=O) groups excluding carboxylic acids is 2. The highest BCUT2D eigenvalue weighted by Crippen LogP contribution is 2.49. The van der Waals surface area contributed by atoms with Gasteiger partial charge in [0.05, 0.1) is 12.5 Å². The summed E-state index contributed by atoms with van der Waals surface area (Å²) in [7, 11) is 1.56. The Bertz CT molecular complexity index is 784. The van der Waals surface area contributed by atoms with Gasteiger partial charge in [-0.2, -0.15) is 0 Å². The molecule has 0 amide bonds. The van der Waals surface area contributed by atoms with Crippen LogP contribution in [0.2, 0.25) is 0 Å². The minimum absolute atomic E-state index is 0.144. The zero-order chi connectivity index (χ0) is 17.2. The van der Waals surface area contributed by atoms with Crippen molar-refractivity contribution in [3.8, 4) is 5.75 Å². The molecule has 1 N–H and O–H groups in total. The molecule has 122 valence electrons. The molecule has 4 nitrogen and oxygen atoms in total. The van der Waals surface area contributed by atoms with Gasteiger partial charge >= 0.3 is 0 Å². The number of aliphatic hydroxyl groups excluding tert-OH is 1. The maximum atomic E-state index is 12.6. The third kappa shape index (κ3) is 2.95. The van der Waals surface area contributed by atoms with Crippen LogP contribution in [0.1, 0.15) is 28.8 Å². The molecule has 1 aliphatic carbocycles. The zero-order valence-corrected chi connectivity index (χ0v) is 13.4. The Kier molecular flexibility index (Phi) is 4.21. The van der Waals surface area contributed by atoms with E-state index in [0.29, 0.717) is 29.7 Å². The molecule has 2 aromatic rings. The van der Waals surface area contributed by atoms with E-state index in [1.807, 2.05) is 6.07 Å². The van der Waals surface area contributed by atoms with Crippen molar-refractivity contribution in [2.75, 3.05) is 7.11 Å². The summed E-state index contributed by atoms with van der Waals surface area (Å²) in [6, 6.07) is 15.5. The second kappa shape index (κ2) is 6.32. The Balaban J connectivity index is 1.81. The number of methoxy groups -OCH3 is 1. The highest BCUT2D eigenvalue weighted by atomic mass is 16.5. The fourth-order valence-corrected chi connectivity index (χ4v) is 2.68. The zero-order valence-electron chi connectivity index (χ0n) is 13.4. The second-order valence-electron chi connectivity index (χ2n) is 5.90. The van der Waals surface area contributed by atoms with Crippen LogP contribution in [0, 0.1) is 5.41 Å². The van der Waals surface area contributed by atoms with Crippen molar-refractivity contribution in [2.45, 2.75) is 12.8 Å². The van der Waals surface area contributed by atoms with Crippen molar-refractivity contribution in [3.05, 3.63) is 71.8 Å². The summed E-state index contributed by atoms with van der Waals surface area (Å²) < 4.78 is 5.06. The van der Waals surface area contributed by atoms with Crippen molar-refractivity contribution >= 4 is 17.3 Å². The van der Waals surface area contributed by atoms with Crippen molar-refractivity contribution in [1.29, 1.82) is 0 Å². The predicted octanol–water partition coefficient (Wildman–Crippen LogP) is 3.83. The van der Waals surface area contributed by atoms with Gasteiger partial charge in [0.15, 0.2) is 11.6 Å². The van der Waals surface area contributed by atoms with Gasteiger partial charge in [-0.1, -0.05) is 30.3 Å². The molecular weight excluding hydrogens is 304 g/mol. The Labute approximate surface area is 140 Å². The van der Waals surface area contributed by atoms with Gasteiger partial charge in [0, 0.05) is 17.2 Å². The van der Waals surface area contributed by atoms with Gasteiger partial charge in [-0.25, -0.2) is 0 Å². The molecule has 1 aliphatic rings. The number of ether oxygens (including phenoxy) is 1. The van der Waals surface area contributed by atoms with E-state index in [9.17, 15) is 14.7 Å². The number of allylic oxidation sites excluding steroid dienone is 1. The molecule has 0 aromatic heterocycles. The molecule has 0 radical (unpaired) electrons. The topological polar surface area (TPSA) is 63.6 Å². The maximum Gasteiger partial charge on any atom is 0.176 e. The largest absolute Gasteiger partial charge is 0.507 e. The summed E-state index contributed by atoms with van der Waals surface area (Å²) in [6.07, 6.45) is 2.20. The van der Waals surface area contributed by atoms with E-state index < -0.39 is 5.41 Å². The molecule has 0 unspecified atom stereocenters. The van der Waals surface area contributed by atoms with Crippen molar-refractivity contribution in [1.82, 2.24) is 0 Å². The number of Topliss-reactive ketones (excluding diaryl/α,β-unsaturated/α-hetero) is 1. The fraction of sp³-hybridized carbons (Fsp3) is 0.200. The standard InChI is InChI=1S/C20H18O4/c1-24-16-9-7-14(8-10-16)17(21)13-18(22)20(11-12-20)19(23)15-5-3-2-4-6-15/h2-10,13,21H,11-12H2,1H3/b17-13-. The first-order chi connectivity index (χ1) is 11.6. The molecule has 3 rings (SSSR count). The summed E-state index contributed by atoms with van der Waals surface area (Å²) in [5.74, 6) is 0.00198. The van der Waals surface area contributed by atoms with Gasteiger partial charge in [0.1, 0.15) is 11.5 Å². The van der Waals surface area contributed by atoms with E-state index in [0.717, 1.165) is 6.08 Å². The average Bonchev–Trinajstić information content (AvgIpc) is 3.44. The fourth-order valence-electron chi connectivity index (χ4n) is 2.68. The third-order valence-electron chi connectivity index (χ3n) is 4.35. The van der Waals surface area contributed by atoms with E-state index in [1.165, 1.54) is 0 Å². The number of hydrogen-bond donors (Lipinski definition) is 1. The lowest BCUT2D eigenvalue weighted by Gasteiger charge is -2.11. The maximum absolute atomic E-state index is 12.6. The highest BCUT2D eigenvalue weighted by molar-refractivity contribution is 6.21. The Morgan fingerprint density at radius 2 is 1.62 bits per heavy atom. The lowest BCUT2D eigenvalue weighted by Crippen LogP contribution is -2.24. The quantitative estimate of drug-likeness (QED) is 0.380. The third-order valence-corrected chi connectivity index (χ3v) is 4.35. The molecule has 1 saturated carbocycles. The highest BCUT2D eigenvalue weighted by Gasteiger charge is 2.55. The molecule has 0 atom stereocenters. The van der Waals surface area contributed by atoms with Gasteiger partial charge in [-0.05, 0) is 37.1 Å². The van der Waals surface area contributed by atoms with Crippen LogP contribution >= 0.6 is 0 Å². The molecule has 1 fully saturated rings. The van der Waals surface area contributed by atoms with Gasteiger partial charge < -0.3 is 9.84 Å². The van der Waals surface area contributed by atoms with Crippen molar-refractivity contribution in [3.63, 3.8) is 0 Å². The Morgan fingerprint density at radius 3 is 2.17 bits per heavy atom. The number of benzene rings is 2. The van der Waals surface area contributed by atoms with E-state index in [4.69, 9.17) is 4.74 Å². The average molecular weight is 322 g/mol. The molecule has 0 bridgehead atoms. The molecular formula is C20H18O4. The van der Waals surface area contributed by atoms with Gasteiger partial charge in [-0.15, -0.1) is 0 Å². The van der Waals surface area contributed by atoms with Gasteiger partial charge in [0.25, 0.3) is 0 Å². The van der Waals surface area contributed by atoms with E-state index in [2.05, 4.69) is 0 Å². The molecule has 2 aromatic carbocycles. The smallest absolute Gasteiger partial charge is 0.176 e. The number of rotatable bonds is 6. The molecule has 4 heteroatoms. The van der Waals surface area contributed by atoms with Gasteiger partial charge in [-0.3, -0.25) is 9.59 Å². The molecule has 0 saturated heterocycles. The van der Waals surface area contributed by atoms with E-state index in [1.54, 1.807) is 55.6 Å². The van der Waals surface area contributed by atoms with E-state index >= 15 is 0 Å². The molecule has 0 aliphatic heterocycles. The monoisotopic (exact) mass is 322 g/mol. The van der Waals surface area contributed by atoms with E-state index in [-0.39, 0.29) is 17.3 Å². The van der Waals surface area contributed by atoms with Crippen LogP contribution < -0.4 is 4.74 Å². The Hall–Kier alpha value is -2.88. The number of hydrogen-bond acceptors (Lipinski definition) is 4. The van der Waals surface area contributed by atoms with Crippen LogP contribution in [0.25, 0.3) is 5.76 Å². The second-order valence-corrected chi connectivity index (χ2v) is 5.90. The van der Waals surface area contributed by atoms with Crippen LogP contribution in [0.15, 0.2) is 60.7 Å². The normalized spacial score (nSPS) is 15.6. The van der Waals surface area contributed by atoms with Gasteiger partial charge in [0.2, 0.25) is 0 Å². The molecule has 0 heterocycles. The number of carbonyl (C=O) groups is 2. The first-order valence-electron chi connectivity index (χ1n) is 7.76. The summed E-state index contributed by atoms with van der Waals surface area (Å²) in [5, 5.41) is 10.2. The Morgan fingerprint density at radius 1 is 1.00 bits per heavy atom. The van der Waals surface area contributed by atoms with Crippen LogP contribution in [0.5, 0.6) is 5.75 Å². The molecule has 0 spiro atoms. The van der Waals surface area contributed by atoms with Crippen LogP contribution in [0.4, 0.5) is 0 Å². The first-order valence-corrected chi connectivity index (χ1v) is 7.76.